The van der Waals surface area contributed by atoms with E-state index in [1.165, 1.54) is 38.2 Å². The van der Waals surface area contributed by atoms with E-state index in [9.17, 15) is 4.79 Å². The van der Waals surface area contributed by atoms with Gasteiger partial charge in [-0.15, -0.1) is 0 Å². The van der Waals surface area contributed by atoms with Crippen LogP contribution in [0.25, 0.3) is 0 Å². The summed E-state index contributed by atoms with van der Waals surface area (Å²) in [5.74, 6) is -0.332. The van der Waals surface area contributed by atoms with Crippen molar-refractivity contribution in [3.63, 3.8) is 0 Å². The fourth-order valence-corrected chi connectivity index (χ4v) is 2.02. The molecule has 2 N–H and O–H groups in total. The number of aromatic carboxylic acids is 1. The molecule has 4 nitrogen and oxygen atoms in total. The van der Waals surface area contributed by atoms with Crippen molar-refractivity contribution in [1.82, 2.24) is 5.32 Å². The minimum atomic E-state index is -1.02. The van der Waals surface area contributed by atoms with E-state index >= 15 is 0 Å². The molecule has 1 rings (SSSR count). The predicted octanol–water partition coefficient (Wildman–Crippen LogP) is 3.99. The largest absolute Gasteiger partial charge is 0.475 e. The van der Waals surface area contributed by atoms with Crippen LogP contribution in [0.5, 0.6) is 0 Å². The number of hydrogen-bond acceptors (Lipinski definition) is 3. The van der Waals surface area contributed by atoms with E-state index < -0.39 is 5.97 Å². The number of hydrogen-bond donors (Lipinski definition) is 2. The number of rotatable bonds is 10. The number of furan rings is 1. The molecule has 0 fully saturated rings. The molecule has 1 heterocycles. The van der Waals surface area contributed by atoms with Crippen molar-refractivity contribution in [2.75, 3.05) is 6.54 Å². The molecule has 1 unspecified atom stereocenters. The van der Waals surface area contributed by atoms with Crippen LogP contribution in [0.4, 0.5) is 0 Å². The lowest BCUT2D eigenvalue weighted by atomic mass is 10.1. The number of carboxylic acid groups (broad SMARTS) is 1. The summed E-state index contributed by atoms with van der Waals surface area (Å²) < 4.78 is 5.25. The Bertz CT molecular complexity index is 373. The molecule has 1 atom stereocenters. The highest BCUT2D eigenvalue weighted by Gasteiger charge is 2.13. The summed E-state index contributed by atoms with van der Waals surface area (Å²) in [4.78, 5) is 10.7. The second kappa shape index (κ2) is 8.75. The van der Waals surface area contributed by atoms with Crippen molar-refractivity contribution in [3.05, 3.63) is 23.7 Å². The van der Waals surface area contributed by atoms with Gasteiger partial charge in [-0.1, -0.05) is 39.0 Å². The molecule has 0 aliphatic rings. The van der Waals surface area contributed by atoms with Crippen LogP contribution in [-0.2, 0) is 0 Å². The van der Waals surface area contributed by atoms with E-state index in [1.54, 1.807) is 6.07 Å². The molecule has 1 aromatic heterocycles. The highest BCUT2D eigenvalue weighted by Crippen LogP contribution is 2.16. The van der Waals surface area contributed by atoms with Crippen LogP contribution in [0, 0.1) is 0 Å². The lowest BCUT2D eigenvalue weighted by Crippen LogP contribution is -2.19. The van der Waals surface area contributed by atoms with Gasteiger partial charge in [0.25, 0.3) is 0 Å². The number of carbonyl (C=O) groups is 1. The quantitative estimate of drug-likeness (QED) is 0.629. The van der Waals surface area contributed by atoms with Gasteiger partial charge in [0, 0.05) is 0 Å². The summed E-state index contributed by atoms with van der Waals surface area (Å²) in [6, 6.07) is 3.28. The minimum Gasteiger partial charge on any atom is -0.475 e. The maximum Gasteiger partial charge on any atom is 0.371 e. The Balaban J connectivity index is 2.16. The normalized spacial score (nSPS) is 12.5. The third-order valence-electron chi connectivity index (χ3n) is 3.25. The van der Waals surface area contributed by atoms with E-state index in [0.29, 0.717) is 5.76 Å². The summed E-state index contributed by atoms with van der Waals surface area (Å²) in [5, 5.41) is 12.1. The molecule has 0 spiro atoms. The van der Waals surface area contributed by atoms with Gasteiger partial charge < -0.3 is 14.8 Å². The van der Waals surface area contributed by atoms with E-state index in [2.05, 4.69) is 12.2 Å². The molecule has 0 saturated carbocycles. The van der Waals surface area contributed by atoms with E-state index in [4.69, 9.17) is 9.52 Å². The van der Waals surface area contributed by atoms with Gasteiger partial charge in [0.1, 0.15) is 5.76 Å². The molecule has 108 valence electrons. The van der Waals surface area contributed by atoms with Gasteiger partial charge in [-0.2, -0.15) is 0 Å². The fraction of sp³-hybridized carbons (Fsp3) is 0.667. The molecular formula is C15H25NO3. The lowest BCUT2D eigenvalue weighted by Gasteiger charge is -2.10. The topological polar surface area (TPSA) is 62.5 Å². The first-order chi connectivity index (χ1) is 9.15. The second-order valence-corrected chi connectivity index (χ2v) is 4.95. The van der Waals surface area contributed by atoms with Crippen molar-refractivity contribution in [3.8, 4) is 0 Å². The third-order valence-corrected chi connectivity index (χ3v) is 3.25. The van der Waals surface area contributed by atoms with Gasteiger partial charge in [-0.25, -0.2) is 4.79 Å². The molecule has 0 radical (unpaired) electrons. The van der Waals surface area contributed by atoms with Crippen molar-refractivity contribution >= 4 is 5.97 Å². The monoisotopic (exact) mass is 267 g/mol. The van der Waals surface area contributed by atoms with Crippen LogP contribution in [0.1, 0.15) is 74.7 Å². The number of nitrogens with one attached hydrogen (secondary N) is 1. The molecule has 4 heteroatoms. The number of unbranched alkanes of at least 4 members (excludes halogenated alkanes) is 5. The fourth-order valence-electron chi connectivity index (χ4n) is 2.02. The van der Waals surface area contributed by atoms with Crippen LogP contribution in [0.2, 0.25) is 0 Å². The zero-order chi connectivity index (χ0) is 14.1. The van der Waals surface area contributed by atoms with Crippen molar-refractivity contribution in [1.29, 1.82) is 0 Å². The molecule has 1 aromatic rings. The number of carboxylic acids is 1. The van der Waals surface area contributed by atoms with Gasteiger partial charge in [-0.3, -0.25) is 0 Å². The SMILES string of the molecule is CCCCCCCCNC(C)c1ccc(C(=O)O)o1. The van der Waals surface area contributed by atoms with Crippen LogP contribution in [0.3, 0.4) is 0 Å². The standard InChI is InChI=1S/C15H25NO3/c1-3-4-5-6-7-8-11-16-12(2)13-9-10-14(19-13)15(17)18/h9-10,12,16H,3-8,11H2,1-2H3,(H,17,18). The molecule has 0 aliphatic carbocycles. The van der Waals surface area contributed by atoms with E-state index in [0.717, 1.165) is 13.0 Å². The molecule has 0 bridgehead atoms. The van der Waals surface area contributed by atoms with Crippen molar-refractivity contribution in [2.45, 2.75) is 58.4 Å². The lowest BCUT2D eigenvalue weighted by molar-refractivity contribution is 0.0659. The second-order valence-electron chi connectivity index (χ2n) is 4.95. The first-order valence-electron chi connectivity index (χ1n) is 7.21. The summed E-state index contributed by atoms with van der Waals surface area (Å²) in [7, 11) is 0. The molecule has 0 aromatic carbocycles. The van der Waals surface area contributed by atoms with E-state index in [-0.39, 0.29) is 11.8 Å². The predicted molar refractivity (Wildman–Crippen MR) is 75.5 cm³/mol. The van der Waals surface area contributed by atoms with Crippen LogP contribution >= 0.6 is 0 Å². The Kier molecular flexibility index (Phi) is 7.26. The maximum absolute atomic E-state index is 10.7. The van der Waals surface area contributed by atoms with Crippen LogP contribution in [-0.4, -0.2) is 17.6 Å². The maximum atomic E-state index is 10.7. The third kappa shape index (κ3) is 5.92. The zero-order valence-electron chi connectivity index (χ0n) is 11.9. The Hall–Kier alpha value is -1.29. The van der Waals surface area contributed by atoms with Gasteiger partial charge in [0.2, 0.25) is 5.76 Å². The highest BCUT2D eigenvalue weighted by molar-refractivity contribution is 5.84. The zero-order valence-corrected chi connectivity index (χ0v) is 11.9. The first kappa shape index (κ1) is 15.8. The van der Waals surface area contributed by atoms with Gasteiger partial charge in [-0.05, 0) is 32.0 Å². The molecule has 0 saturated heterocycles. The first-order valence-corrected chi connectivity index (χ1v) is 7.21. The average molecular weight is 267 g/mol. The van der Waals surface area contributed by atoms with Gasteiger partial charge >= 0.3 is 5.97 Å². The Morgan fingerprint density at radius 2 is 1.95 bits per heavy atom. The summed E-state index contributed by atoms with van der Waals surface area (Å²) >= 11 is 0. The minimum absolute atomic E-state index is 0.00298. The van der Waals surface area contributed by atoms with Crippen molar-refractivity contribution < 1.29 is 14.3 Å². The Labute approximate surface area is 115 Å². The summed E-state index contributed by atoms with van der Waals surface area (Å²) in [5.41, 5.74) is 0. The van der Waals surface area contributed by atoms with Gasteiger partial charge in [0.05, 0.1) is 6.04 Å². The molecule has 0 aliphatic heterocycles. The highest BCUT2D eigenvalue weighted by atomic mass is 16.4. The Morgan fingerprint density at radius 3 is 2.58 bits per heavy atom. The summed E-state index contributed by atoms with van der Waals surface area (Å²) in [6.45, 7) is 5.15. The average Bonchev–Trinajstić information content (AvgIpc) is 2.87. The van der Waals surface area contributed by atoms with Crippen molar-refractivity contribution in [2.24, 2.45) is 0 Å². The summed E-state index contributed by atoms with van der Waals surface area (Å²) in [6.07, 6.45) is 7.63. The molecule has 19 heavy (non-hydrogen) atoms. The van der Waals surface area contributed by atoms with E-state index in [1.807, 2.05) is 6.92 Å². The van der Waals surface area contributed by atoms with Crippen LogP contribution in [0.15, 0.2) is 16.5 Å². The Morgan fingerprint density at radius 1 is 1.26 bits per heavy atom. The molecule has 0 amide bonds. The molecular weight excluding hydrogens is 242 g/mol. The van der Waals surface area contributed by atoms with Crippen LogP contribution < -0.4 is 5.32 Å². The van der Waals surface area contributed by atoms with Gasteiger partial charge in [0.15, 0.2) is 0 Å². The smallest absolute Gasteiger partial charge is 0.371 e.